The smallest absolute Gasteiger partial charge is 0.187 e. The van der Waals surface area contributed by atoms with Crippen molar-refractivity contribution in [2.45, 2.75) is 61.4 Å². The van der Waals surface area contributed by atoms with Gasteiger partial charge in [0.1, 0.15) is 48.8 Å². The van der Waals surface area contributed by atoms with Gasteiger partial charge in [0.2, 0.25) is 0 Å². The zero-order valence-corrected chi connectivity index (χ0v) is 13.0. The normalized spacial score (nSPS) is 50.0. The van der Waals surface area contributed by atoms with Gasteiger partial charge in [-0.15, -0.1) is 0 Å². The van der Waals surface area contributed by atoms with Crippen molar-refractivity contribution >= 4 is 0 Å². The van der Waals surface area contributed by atoms with Gasteiger partial charge < -0.3 is 54.7 Å². The fraction of sp³-hybridized carbons (Fsp3) is 1.00. The first kappa shape index (κ1) is 19.9. The van der Waals surface area contributed by atoms with Crippen LogP contribution in [0.1, 0.15) is 0 Å². The molecular formula is C13H24O11. The van der Waals surface area contributed by atoms with Crippen LogP contribution in [0.2, 0.25) is 0 Å². The zero-order valence-electron chi connectivity index (χ0n) is 13.0. The molecule has 0 unspecified atom stereocenters. The second-order valence-electron chi connectivity index (χ2n) is 5.74. The highest BCUT2D eigenvalue weighted by atomic mass is 16.7. The molecule has 0 aromatic heterocycles. The van der Waals surface area contributed by atoms with E-state index in [1.54, 1.807) is 0 Å². The van der Waals surface area contributed by atoms with Gasteiger partial charge in [-0.3, -0.25) is 0 Å². The van der Waals surface area contributed by atoms with Crippen LogP contribution in [-0.4, -0.2) is 117 Å². The van der Waals surface area contributed by atoms with Crippen molar-refractivity contribution in [2.24, 2.45) is 0 Å². The predicted molar refractivity (Wildman–Crippen MR) is 73.4 cm³/mol. The fourth-order valence-electron chi connectivity index (χ4n) is 2.74. The SMILES string of the molecule is CO[C@H]1O[C@H](CO)[C@@H](O)[C@H](O[C@H]2O[C@H](CO)[C@@H](O)[C@H](O)[C@@H]2O)[C@@H]1O. The van der Waals surface area contributed by atoms with Crippen molar-refractivity contribution in [3.8, 4) is 0 Å². The molecule has 0 aliphatic carbocycles. The van der Waals surface area contributed by atoms with Crippen LogP contribution < -0.4 is 0 Å². The van der Waals surface area contributed by atoms with E-state index in [0.717, 1.165) is 0 Å². The molecule has 0 aromatic carbocycles. The van der Waals surface area contributed by atoms with Crippen molar-refractivity contribution in [3.63, 3.8) is 0 Å². The Morgan fingerprint density at radius 1 is 0.708 bits per heavy atom. The van der Waals surface area contributed by atoms with E-state index in [-0.39, 0.29) is 0 Å². The number of aliphatic hydroxyl groups excluding tert-OH is 7. The summed E-state index contributed by atoms with van der Waals surface area (Å²) in [6.07, 6.45) is -14.4. The van der Waals surface area contributed by atoms with Crippen LogP contribution in [0.4, 0.5) is 0 Å². The molecule has 2 aliphatic rings. The highest BCUT2D eigenvalue weighted by molar-refractivity contribution is 4.93. The molecule has 24 heavy (non-hydrogen) atoms. The molecular weight excluding hydrogens is 332 g/mol. The molecule has 7 N–H and O–H groups in total. The summed E-state index contributed by atoms with van der Waals surface area (Å²) in [5.74, 6) is 0. The standard InChI is InChI=1S/C13H24O11/c1-21-12-10(20)11(7(17)5(3-15)22-12)24-13-9(19)8(18)6(16)4(2-14)23-13/h4-20H,2-3H2,1H3/t4-,5-,6-,7-,8+,9+,10+,11+,12+,13-/m1/s1. The minimum absolute atomic E-state index is 0.581. The molecule has 0 amide bonds. The number of methoxy groups -OCH3 is 1. The Morgan fingerprint density at radius 2 is 1.25 bits per heavy atom. The van der Waals surface area contributed by atoms with Gasteiger partial charge >= 0.3 is 0 Å². The third-order valence-electron chi connectivity index (χ3n) is 4.19. The molecule has 2 fully saturated rings. The van der Waals surface area contributed by atoms with Crippen LogP contribution >= 0.6 is 0 Å². The topological polar surface area (TPSA) is 179 Å². The van der Waals surface area contributed by atoms with Gasteiger partial charge in [0.05, 0.1) is 13.2 Å². The van der Waals surface area contributed by atoms with Crippen LogP contribution in [0, 0.1) is 0 Å². The number of hydrogen-bond acceptors (Lipinski definition) is 11. The lowest BCUT2D eigenvalue weighted by Crippen LogP contribution is -2.64. The minimum Gasteiger partial charge on any atom is -0.394 e. The predicted octanol–water partition coefficient (Wildman–Crippen LogP) is -4.74. The Bertz CT molecular complexity index is 378. The Morgan fingerprint density at radius 3 is 1.79 bits per heavy atom. The lowest BCUT2D eigenvalue weighted by molar-refractivity contribution is -0.358. The van der Waals surface area contributed by atoms with E-state index in [2.05, 4.69) is 0 Å². The Kier molecular flexibility index (Phi) is 6.87. The molecule has 2 saturated heterocycles. The maximum absolute atomic E-state index is 10.2. The maximum atomic E-state index is 10.2. The van der Waals surface area contributed by atoms with Crippen molar-refractivity contribution in [1.29, 1.82) is 0 Å². The summed E-state index contributed by atoms with van der Waals surface area (Å²) in [5, 5.41) is 68.1. The van der Waals surface area contributed by atoms with E-state index < -0.39 is 74.6 Å². The summed E-state index contributed by atoms with van der Waals surface area (Å²) in [6, 6.07) is 0. The van der Waals surface area contributed by atoms with Gasteiger partial charge in [0.15, 0.2) is 12.6 Å². The molecule has 0 spiro atoms. The Labute approximate surface area is 137 Å². The Balaban J connectivity index is 2.14. The fourth-order valence-corrected chi connectivity index (χ4v) is 2.74. The summed E-state index contributed by atoms with van der Waals surface area (Å²) in [5.41, 5.74) is 0. The number of ether oxygens (including phenoxy) is 4. The van der Waals surface area contributed by atoms with Gasteiger partial charge in [0, 0.05) is 7.11 Å². The van der Waals surface area contributed by atoms with Crippen LogP contribution in [0.15, 0.2) is 0 Å². The average Bonchev–Trinajstić information content (AvgIpc) is 2.58. The largest absolute Gasteiger partial charge is 0.394 e. The number of rotatable bonds is 5. The summed E-state index contributed by atoms with van der Waals surface area (Å²) in [7, 11) is 1.24. The highest BCUT2D eigenvalue weighted by Gasteiger charge is 2.50. The number of hydrogen-bond donors (Lipinski definition) is 7. The molecule has 2 aliphatic heterocycles. The molecule has 0 aromatic rings. The molecule has 142 valence electrons. The van der Waals surface area contributed by atoms with Gasteiger partial charge in [-0.2, -0.15) is 0 Å². The summed E-state index contributed by atoms with van der Waals surface area (Å²) >= 11 is 0. The molecule has 10 atom stereocenters. The van der Waals surface area contributed by atoms with E-state index in [0.29, 0.717) is 0 Å². The van der Waals surface area contributed by atoms with E-state index in [1.165, 1.54) is 7.11 Å². The van der Waals surface area contributed by atoms with Crippen LogP contribution in [0.3, 0.4) is 0 Å². The van der Waals surface area contributed by atoms with E-state index in [1.807, 2.05) is 0 Å². The molecule has 0 radical (unpaired) electrons. The minimum atomic E-state index is -1.70. The summed E-state index contributed by atoms with van der Waals surface area (Å²) in [4.78, 5) is 0. The van der Waals surface area contributed by atoms with Crippen LogP contribution in [-0.2, 0) is 18.9 Å². The first-order valence-corrected chi connectivity index (χ1v) is 7.46. The van der Waals surface area contributed by atoms with Crippen LogP contribution in [0.25, 0.3) is 0 Å². The Hall–Kier alpha value is -0.440. The molecule has 11 nitrogen and oxygen atoms in total. The third-order valence-corrected chi connectivity index (χ3v) is 4.19. The van der Waals surface area contributed by atoms with Gasteiger partial charge in [-0.25, -0.2) is 0 Å². The lowest BCUT2D eigenvalue weighted by Gasteiger charge is -2.45. The highest BCUT2D eigenvalue weighted by Crippen LogP contribution is 2.29. The lowest BCUT2D eigenvalue weighted by atomic mass is 9.97. The van der Waals surface area contributed by atoms with Crippen molar-refractivity contribution < 1.29 is 54.7 Å². The molecule has 11 heteroatoms. The van der Waals surface area contributed by atoms with Crippen molar-refractivity contribution in [2.75, 3.05) is 20.3 Å². The molecule has 2 heterocycles. The second-order valence-corrected chi connectivity index (χ2v) is 5.74. The number of aliphatic hydroxyl groups is 7. The molecule has 2 rings (SSSR count). The second kappa shape index (κ2) is 8.29. The van der Waals surface area contributed by atoms with Crippen molar-refractivity contribution in [3.05, 3.63) is 0 Å². The third kappa shape index (κ3) is 3.71. The van der Waals surface area contributed by atoms with Gasteiger partial charge in [-0.05, 0) is 0 Å². The monoisotopic (exact) mass is 356 g/mol. The summed E-state index contributed by atoms with van der Waals surface area (Å²) in [6.45, 7) is -1.23. The van der Waals surface area contributed by atoms with Crippen LogP contribution in [0.5, 0.6) is 0 Å². The zero-order chi connectivity index (χ0) is 18.0. The van der Waals surface area contributed by atoms with E-state index in [4.69, 9.17) is 24.1 Å². The van der Waals surface area contributed by atoms with Crippen molar-refractivity contribution in [1.82, 2.24) is 0 Å². The summed E-state index contributed by atoms with van der Waals surface area (Å²) < 4.78 is 20.6. The first-order valence-electron chi connectivity index (χ1n) is 7.46. The first-order chi connectivity index (χ1) is 11.3. The van der Waals surface area contributed by atoms with E-state index >= 15 is 0 Å². The molecule has 0 bridgehead atoms. The quantitative estimate of drug-likeness (QED) is 0.251. The maximum Gasteiger partial charge on any atom is 0.187 e. The van der Waals surface area contributed by atoms with Gasteiger partial charge in [0.25, 0.3) is 0 Å². The molecule has 0 saturated carbocycles. The van der Waals surface area contributed by atoms with E-state index in [9.17, 15) is 30.6 Å². The average molecular weight is 356 g/mol. The van der Waals surface area contributed by atoms with Gasteiger partial charge in [-0.1, -0.05) is 0 Å².